The largest absolute Gasteiger partial charge is 0.384 e. The number of aromatic nitrogens is 3. The highest BCUT2D eigenvalue weighted by Crippen LogP contribution is 2.25. The van der Waals surface area contributed by atoms with E-state index in [0.29, 0.717) is 18.9 Å². The van der Waals surface area contributed by atoms with Crippen molar-refractivity contribution < 1.29 is 22.7 Å². The Morgan fingerprint density at radius 3 is 2.50 bits per heavy atom. The van der Waals surface area contributed by atoms with Gasteiger partial charge in [-0.05, 0) is 37.1 Å². The lowest BCUT2D eigenvalue weighted by molar-refractivity contribution is 0.0662. The molecule has 2 aliphatic heterocycles. The van der Waals surface area contributed by atoms with E-state index in [4.69, 9.17) is 10.5 Å². The molecule has 0 atom stereocenters. The van der Waals surface area contributed by atoms with Gasteiger partial charge in [-0.3, -0.25) is 33.7 Å². The van der Waals surface area contributed by atoms with Gasteiger partial charge >= 0.3 is 0 Å². The first-order valence-electron chi connectivity index (χ1n) is 10.4. The quantitative estimate of drug-likeness (QED) is 0.444. The summed E-state index contributed by atoms with van der Waals surface area (Å²) in [6.07, 6.45) is 4.68. The number of carbonyl (C=O) groups is 2. The Balaban J connectivity index is 1.40. The van der Waals surface area contributed by atoms with E-state index in [1.807, 2.05) is 0 Å². The summed E-state index contributed by atoms with van der Waals surface area (Å²) in [5.74, 6) is -1.60. The van der Waals surface area contributed by atoms with E-state index in [2.05, 4.69) is 15.1 Å². The number of hydrogen-bond donors (Lipinski definition) is 3. The number of imide groups is 1. The van der Waals surface area contributed by atoms with Crippen LogP contribution in [0.3, 0.4) is 0 Å². The summed E-state index contributed by atoms with van der Waals surface area (Å²) >= 11 is 0. The number of amides is 2. The van der Waals surface area contributed by atoms with Crippen LogP contribution in [0, 0.1) is 0 Å². The lowest BCUT2D eigenvalue weighted by Gasteiger charge is -2.22. The van der Waals surface area contributed by atoms with Gasteiger partial charge in [-0.15, -0.1) is 0 Å². The van der Waals surface area contributed by atoms with Crippen molar-refractivity contribution >= 4 is 33.3 Å². The highest BCUT2D eigenvalue weighted by molar-refractivity contribution is 7.92. The molecule has 1 aromatic carbocycles. The Kier molecular flexibility index (Phi) is 5.21. The van der Waals surface area contributed by atoms with Gasteiger partial charge in [0.2, 0.25) is 0 Å². The number of rotatable bonds is 5. The summed E-state index contributed by atoms with van der Waals surface area (Å²) in [5.41, 5.74) is 5.76. The van der Waals surface area contributed by atoms with Crippen LogP contribution in [0.5, 0.6) is 0 Å². The minimum absolute atomic E-state index is 0.0456. The fourth-order valence-electron chi connectivity index (χ4n) is 4.07. The fourth-order valence-corrected chi connectivity index (χ4v) is 5.10. The first kappa shape index (κ1) is 21.9. The molecule has 4 N–H and O–H groups in total. The maximum Gasteiger partial charge on any atom is 0.262 e. The van der Waals surface area contributed by atoms with Crippen LogP contribution in [0.2, 0.25) is 0 Å². The van der Waals surface area contributed by atoms with Crippen LogP contribution in [0.15, 0.2) is 52.4 Å². The molecular formula is C21H20N6O6S. The van der Waals surface area contributed by atoms with Crippen molar-refractivity contribution in [1.82, 2.24) is 19.7 Å². The predicted octanol–water partition coefficient (Wildman–Crippen LogP) is 0.652. The molecule has 3 aromatic rings. The summed E-state index contributed by atoms with van der Waals surface area (Å²) < 4.78 is 36.3. The van der Waals surface area contributed by atoms with E-state index in [-0.39, 0.29) is 33.6 Å². The van der Waals surface area contributed by atoms with Gasteiger partial charge in [0.25, 0.3) is 27.4 Å². The van der Waals surface area contributed by atoms with Gasteiger partial charge in [0.15, 0.2) is 0 Å². The molecule has 12 nitrogen and oxygen atoms in total. The monoisotopic (exact) mass is 484 g/mol. The topological polar surface area (TPSA) is 167 Å². The van der Waals surface area contributed by atoms with Gasteiger partial charge in [0.05, 0.1) is 39.6 Å². The molecule has 0 unspecified atom stereocenters. The molecule has 5 rings (SSSR count). The standard InChI is InChI=1S/C21H20N6O6S/c22-19-18-16(20(29)24-21(18)30)9-17(28)27(19)14-1-3-15(4-2-14)34(31,32)25-12-10-23-26(11-12)13-5-7-33-8-6-13/h1-4,9-11,13,25H,5-8,22H2,(H,24,29,30). The van der Waals surface area contributed by atoms with Gasteiger partial charge in [-0.25, -0.2) is 8.42 Å². The predicted molar refractivity (Wildman–Crippen MR) is 120 cm³/mol. The van der Waals surface area contributed by atoms with Crippen molar-refractivity contribution in [2.24, 2.45) is 0 Å². The highest BCUT2D eigenvalue weighted by atomic mass is 32.2. The van der Waals surface area contributed by atoms with Crippen LogP contribution in [-0.2, 0) is 14.8 Å². The molecule has 176 valence electrons. The number of sulfonamides is 1. The maximum absolute atomic E-state index is 12.8. The number of nitrogens with zero attached hydrogens (tertiary/aromatic N) is 3. The molecule has 1 fully saturated rings. The van der Waals surface area contributed by atoms with Crippen LogP contribution >= 0.6 is 0 Å². The Labute approximate surface area is 193 Å². The zero-order valence-corrected chi connectivity index (χ0v) is 18.5. The molecule has 2 aromatic heterocycles. The van der Waals surface area contributed by atoms with Crippen molar-refractivity contribution in [2.75, 3.05) is 23.7 Å². The minimum Gasteiger partial charge on any atom is -0.384 e. The lowest BCUT2D eigenvalue weighted by atomic mass is 10.1. The third-order valence-electron chi connectivity index (χ3n) is 5.78. The molecule has 13 heteroatoms. The van der Waals surface area contributed by atoms with Gasteiger partial charge in [0.1, 0.15) is 5.82 Å². The number of hydrogen-bond acceptors (Lipinski definition) is 8. The molecule has 2 aliphatic rings. The number of benzene rings is 1. The molecule has 34 heavy (non-hydrogen) atoms. The average molecular weight is 484 g/mol. The normalized spacial score (nSPS) is 16.4. The summed E-state index contributed by atoms with van der Waals surface area (Å²) in [6, 6.07) is 6.57. The van der Waals surface area contributed by atoms with Crippen LogP contribution in [-0.4, -0.2) is 47.8 Å². The van der Waals surface area contributed by atoms with Crippen molar-refractivity contribution in [3.8, 4) is 5.69 Å². The number of pyridine rings is 1. The first-order valence-corrected chi connectivity index (χ1v) is 11.9. The van der Waals surface area contributed by atoms with Gasteiger partial charge in [-0.2, -0.15) is 5.10 Å². The van der Waals surface area contributed by atoms with Crippen molar-refractivity contribution in [2.45, 2.75) is 23.8 Å². The number of anilines is 2. The summed E-state index contributed by atoms with van der Waals surface area (Å²) in [6.45, 7) is 1.27. The van der Waals surface area contributed by atoms with Crippen LogP contribution in [0.25, 0.3) is 5.69 Å². The van der Waals surface area contributed by atoms with Gasteiger partial charge < -0.3 is 10.5 Å². The van der Waals surface area contributed by atoms with Crippen molar-refractivity contribution in [3.63, 3.8) is 0 Å². The van der Waals surface area contributed by atoms with Gasteiger partial charge in [0, 0.05) is 25.5 Å². The summed E-state index contributed by atoms with van der Waals surface area (Å²) in [4.78, 5) is 36.3. The Morgan fingerprint density at radius 1 is 1.09 bits per heavy atom. The number of nitrogens with one attached hydrogen (secondary N) is 2. The van der Waals surface area contributed by atoms with E-state index < -0.39 is 27.4 Å². The van der Waals surface area contributed by atoms with E-state index in [9.17, 15) is 22.8 Å². The zero-order valence-electron chi connectivity index (χ0n) is 17.7. The third kappa shape index (κ3) is 3.74. The van der Waals surface area contributed by atoms with Crippen LogP contribution in [0.4, 0.5) is 11.5 Å². The average Bonchev–Trinajstić information content (AvgIpc) is 3.38. The van der Waals surface area contributed by atoms with E-state index in [0.717, 1.165) is 23.5 Å². The van der Waals surface area contributed by atoms with E-state index in [1.165, 1.54) is 30.5 Å². The molecule has 0 bridgehead atoms. The smallest absolute Gasteiger partial charge is 0.262 e. The van der Waals surface area contributed by atoms with E-state index >= 15 is 0 Å². The SMILES string of the molecule is Nc1c2c(cc(=O)n1-c1ccc(S(=O)(=O)Nc3cnn(C4CCOCC4)c3)cc1)C(=O)NC2=O. The zero-order chi connectivity index (χ0) is 24.0. The van der Waals surface area contributed by atoms with Crippen molar-refractivity contribution in [1.29, 1.82) is 0 Å². The molecule has 0 saturated carbocycles. The number of carbonyl (C=O) groups excluding carboxylic acids is 2. The lowest BCUT2D eigenvalue weighted by Crippen LogP contribution is -2.24. The molecule has 0 spiro atoms. The molecule has 0 radical (unpaired) electrons. The Bertz CT molecular complexity index is 1470. The van der Waals surface area contributed by atoms with Crippen molar-refractivity contribution in [3.05, 3.63) is 64.2 Å². The highest BCUT2D eigenvalue weighted by Gasteiger charge is 2.32. The minimum atomic E-state index is -3.93. The number of fused-ring (bicyclic) bond motifs is 1. The van der Waals surface area contributed by atoms with E-state index in [1.54, 1.807) is 10.9 Å². The second kappa shape index (κ2) is 8.11. The molecule has 1 saturated heterocycles. The Hall–Kier alpha value is -3.97. The molecule has 0 aliphatic carbocycles. The number of nitrogen functional groups attached to an aromatic ring is 1. The second-order valence-electron chi connectivity index (χ2n) is 7.93. The first-order chi connectivity index (χ1) is 16.2. The third-order valence-corrected chi connectivity index (χ3v) is 7.17. The summed E-state index contributed by atoms with van der Waals surface area (Å²) in [7, 11) is -3.93. The maximum atomic E-state index is 12.8. The molecular weight excluding hydrogens is 464 g/mol. The second-order valence-corrected chi connectivity index (χ2v) is 9.61. The summed E-state index contributed by atoms with van der Waals surface area (Å²) in [5, 5.41) is 6.35. The van der Waals surface area contributed by atoms with Gasteiger partial charge in [-0.1, -0.05) is 0 Å². The molecule has 4 heterocycles. The molecule has 2 amide bonds. The Morgan fingerprint density at radius 2 is 1.79 bits per heavy atom. The van der Waals surface area contributed by atoms with Crippen LogP contribution < -0.4 is 21.3 Å². The van der Waals surface area contributed by atoms with Crippen LogP contribution in [0.1, 0.15) is 39.6 Å². The fraction of sp³-hybridized carbons (Fsp3) is 0.238. The number of ether oxygens (including phenoxy) is 1. The number of nitrogens with two attached hydrogens (primary N) is 1.